The van der Waals surface area contributed by atoms with Gasteiger partial charge in [0.05, 0.1) is 6.61 Å². The van der Waals surface area contributed by atoms with Gasteiger partial charge < -0.3 is 15.4 Å². The maximum absolute atomic E-state index is 14.0. The normalized spacial score (nSPS) is 12.8. The van der Waals surface area contributed by atoms with Gasteiger partial charge in [-0.2, -0.15) is 0 Å². The molecule has 4 heteroatoms. The fourth-order valence-electron chi connectivity index (χ4n) is 2.20. The first-order valence-corrected chi connectivity index (χ1v) is 6.75. The van der Waals surface area contributed by atoms with E-state index in [1.807, 2.05) is 13.0 Å². The number of nitrogens with zero attached hydrogens (tertiary/aromatic N) is 1. The first-order chi connectivity index (χ1) is 8.97. The second kappa shape index (κ2) is 7.46. The largest absolute Gasteiger partial charge is 0.383 e. The molecule has 3 nitrogen and oxygen atoms in total. The number of ether oxygens (including phenoxy) is 1. The average molecular weight is 268 g/mol. The van der Waals surface area contributed by atoms with Crippen LogP contribution in [0.3, 0.4) is 0 Å². The summed E-state index contributed by atoms with van der Waals surface area (Å²) >= 11 is 0. The maximum Gasteiger partial charge on any atom is 0.130 e. The highest BCUT2D eigenvalue weighted by Gasteiger charge is 2.18. The van der Waals surface area contributed by atoms with E-state index in [9.17, 15) is 4.39 Å². The molecule has 0 radical (unpaired) electrons. The fourth-order valence-corrected chi connectivity index (χ4v) is 2.20. The number of anilines is 1. The van der Waals surface area contributed by atoms with E-state index < -0.39 is 0 Å². The van der Waals surface area contributed by atoms with Gasteiger partial charge in [0.2, 0.25) is 0 Å². The van der Waals surface area contributed by atoms with Gasteiger partial charge in [-0.15, -0.1) is 0 Å². The van der Waals surface area contributed by atoms with Crippen LogP contribution < -0.4 is 10.6 Å². The van der Waals surface area contributed by atoms with Crippen molar-refractivity contribution in [3.05, 3.63) is 29.6 Å². The van der Waals surface area contributed by atoms with E-state index in [1.165, 1.54) is 6.07 Å². The molecule has 0 aliphatic carbocycles. The molecule has 1 aromatic carbocycles. The van der Waals surface area contributed by atoms with Gasteiger partial charge >= 0.3 is 0 Å². The molecule has 0 bridgehead atoms. The SMILES string of the molecule is COCCN(CC(C)C)c1cccc(F)c1C(C)N. The molecule has 2 N–H and O–H groups in total. The van der Waals surface area contributed by atoms with E-state index in [0.29, 0.717) is 18.1 Å². The third-order valence-electron chi connectivity index (χ3n) is 2.98. The van der Waals surface area contributed by atoms with Gasteiger partial charge in [-0.3, -0.25) is 0 Å². The van der Waals surface area contributed by atoms with Crippen molar-refractivity contribution in [3.8, 4) is 0 Å². The van der Waals surface area contributed by atoms with Gasteiger partial charge in [0, 0.05) is 37.5 Å². The summed E-state index contributed by atoms with van der Waals surface area (Å²) in [4.78, 5) is 2.15. The Morgan fingerprint density at radius 2 is 2.00 bits per heavy atom. The molecule has 0 saturated heterocycles. The average Bonchev–Trinajstić information content (AvgIpc) is 2.33. The van der Waals surface area contributed by atoms with Crippen LogP contribution in [0.25, 0.3) is 0 Å². The number of hydrogen-bond donors (Lipinski definition) is 1. The molecule has 0 aliphatic rings. The van der Waals surface area contributed by atoms with Gasteiger partial charge in [-0.05, 0) is 25.0 Å². The Hall–Kier alpha value is -1.13. The highest BCUT2D eigenvalue weighted by molar-refractivity contribution is 5.55. The summed E-state index contributed by atoms with van der Waals surface area (Å²) in [6.45, 7) is 8.30. The topological polar surface area (TPSA) is 38.5 Å². The van der Waals surface area contributed by atoms with E-state index in [4.69, 9.17) is 10.5 Å². The number of nitrogens with two attached hydrogens (primary N) is 1. The van der Waals surface area contributed by atoms with Crippen LogP contribution in [0.15, 0.2) is 18.2 Å². The molecule has 1 unspecified atom stereocenters. The number of rotatable bonds is 7. The van der Waals surface area contributed by atoms with Gasteiger partial charge in [0.1, 0.15) is 5.82 Å². The number of hydrogen-bond acceptors (Lipinski definition) is 3. The fraction of sp³-hybridized carbons (Fsp3) is 0.600. The molecule has 0 amide bonds. The number of benzene rings is 1. The first kappa shape index (κ1) is 15.9. The molecule has 0 aromatic heterocycles. The Kier molecular flexibility index (Phi) is 6.25. The van der Waals surface area contributed by atoms with Crippen LogP contribution in [0.2, 0.25) is 0 Å². The monoisotopic (exact) mass is 268 g/mol. The molecule has 0 saturated carbocycles. The lowest BCUT2D eigenvalue weighted by Gasteiger charge is -2.29. The molecule has 0 fully saturated rings. The van der Waals surface area contributed by atoms with Crippen LogP contribution in [0.5, 0.6) is 0 Å². The molecule has 0 aliphatic heterocycles. The summed E-state index contributed by atoms with van der Waals surface area (Å²) in [5, 5.41) is 0. The Morgan fingerprint density at radius 3 is 2.53 bits per heavy atom. The lowest BCUT2D eigenvalue weighted by molar-refractivity contribution is 0.204. The number of methoxy groups -OCH3 is 1. The highest BCUT2D eigenvalue weighted by atomic mass is 19.1. The minimum absolute atomic E-state index is 0.237. The summed E-state index contributed by atoms with van der Waals surface area (Å²) in [6, 6.07) is 4.80. The first-order valence-electron chi connectivity index (χ1n) is 6.75. The molecule has 108 valence electrons. The van der Waals surface area contributed by atoms with Crippen molar-refractivity contribution in [1.29, 1.82) is 0 Å². The van der Waals surface area contributed by atoms with Crippen molar-refractivity contribution in [2.24, 2.45) is 11.7 Å². The zero-order chi connectivity index (χ0) is 14.4. The van der Waals surface area contributed by atoms with Crippen LogP contribution >= 0.6 is 0 Å². The Labute approximate surface area is 115 Å². The van der Waals surface area contributed by atoms with E-state index >= 15 is 0 Å². The van der Waals surface area contributed by atoms with Crippen LogP contribution in [0.4, 0.5) is 10.1 Å². The molecule has 1 aromatic rings. The quantitative estimate of drug-likeness (QED) is 0.826. The van der Waals surface area contributed by atoms with Gasteiger partial charge in [-0.25, -0.2) is 4.39 Å². The summed E-state index contributed by atoms with van der Waals surface area (Å²) in [5.74, 6) is 0.250. The maximum atomic E-state index is 14.0. The predicted octanol–water partition coefficient (Wildman–Crippen LogP) is 2.95. The lowest BCUT2D eigenvalue weighted by Crippen LogP contribution is -2.32. The van der Waals surface area contributed by atoms with Crippen LogP contribution in [0, 0.1) is 11.7 Å². The third-order valence-corrected chi connectivity index (χ3v) is 2.98. The van der Waals surface area contributed by atoms with Crippen molar-refractivity contribution in [2.45, 2.75) is 26.8 Å². The van der Waals surface area contributed by atoms with Crippen molar-refractivity contribution >= 4 is 5.69 Å². The summed E-state index contributed by atoms with van der Waals surface area (Å²) in [7, 11) is 1.67. The minimum Gasteiger partial charge on any atom is -0.383 e. The van der Waals surface area contributed by atoms with Crippen LogP contribution in [0.1, 0.15) is 32.4 Å². The van der Waals surface area contributed by atoms with Crippen molar-refractivity contribution < 1.29 is 9.13 Å². The van der Waals surface area contributed by atoms with Crippen molar-refractivity contribution in [3.63, 3.8) is 0 Å². The zero-order valence-corrected chi connectivity index (χ0v) is 12.3. The summed E-state index contributed by atoms with van der Waals surface area (Å²) in [5.41, 5.74) is 7.37. The Morgan fingerprint density at radius 1 is 1.32 bits per heavy atom. The highest BCUT2D eigenvalue weighted by Crippen LogP contribution is 2.28. The lowest BCUT2D eigenvalue weighted by atomic mass is 10.0. The second-order valence-corrected chi connectivity index (χ2v) is 5.29. The molecular formula is C15H25FN2O. The van der Waals surface area contributed by atoms with E-state index in [2.05, 4.69) is 18.7 Å². The number of halogens is 1. The summed E-state index contributed by atoms with van der Waals surface area (Å²) < 4.78 is 19.1. The molecule has 19 heavy (non-hydrogen) atoms. The predicted molar refractivity (Wildman–Crippen MR) is 77.9 cm³/mol. The third kappa shape index (κ3) is 4.48. The van der Waals surface area contributed by atoms with Crippen LogP contribution in [-0.2, 0) is 4.74 Å². The molecule has 1 atom stereocenters. The van der Waals surface area contributed by atoms with Crippen LogP contribution in [-0.4, -0.2) is 26.8 Å². The van der Waals surface area contributed by atoms with E-state index in [1.54, 1.807) is 13.2 Å². The summed E-state index contributed by atoms with van der Waals surface area (Å²) in [6.07, 6.45) is 0. The van der Waals surface area contributed by atoms with Gasteiger partial charge in [-0.1, -0.05) is 19.9 Å². The Bertz CT molecular complexity index is 394. The Balaban J connectivity index is 3.09. The standard InChI is InChI=1S/C15H25FN2O/c1-11(2)10-18(8-9-19-4)14-7-5-6-13(16)15(14)12(3)17/h5-7,11-12H,8-10,17H2,1-4H3. The minimum atomic E-state index is -0.326. The smallest absolute Gasteiger partial charge is 0.130 e. The van der Waals surface area contributed by atoms with Gasteiger partial charge in [0.15, 0.2) is 0 Å². The van der Waals surface area contributed by atoms with Crippen molar-refractivity contribution in [1.82, 2.24) is 0 Å². The zero-order valence-electron chi connectivity index (χ0n) is 12.3. The molecule has 0 spiro atoms. The second-order valence-electron chi connectivity index (χ2n) is 5.29. The molecule has 0 heterocycles. The van der Waals surface area contributed by atoms with Crippen molar-refractivity contribution in [2.75, 3.05) is 31.7 Å². The van der Waals surface area contributed by atoms with E-state index in [-0.39, 0.29) is 11.9 Å². The molecule has 1 rings (SSSR count). The molecular weight excluding hydrogens is 243 g/mol. The van der Waals surface area contributed by atoms with E-state index in [0.717, 1.165) is 18.8 Å². The van der Waals surface area contributed by atoms with Gasteiger partial charge in [0.25, 0.3) is 0 Å².